The molecule has 0 radical (unpaired) electrons. The van der Waals surface area contributed by atoms with Crippen molar-refractivity contribution in [1.29, 1.82) is 0 Å². The molecule has 1 aliphatic rings. The Bertz CT molecular complexity index is 708. The van der Waals surface area contributed by atoms with E-state index in [1.54, 1.807) is 0 Å². The van der Waals surface area contributed by atoms with E-state index in [1.807, 2.05) is 0 Å². The predicted molar refractivity (Wildman–Crippen MR) is 114 cm³/mol. The van der Waals surface area contributed by atoms with Crippen LogP contribution in [0.4, 0.5) is 5.69 Å². The summed E-state index contributed by atoms with van der Waals surface area (Å²) in [6.45, 7) is 13.5. The Balaban J connectivity index is 1.98. The highest BCUT2D eigenvalue weighted by Gasteiger charge is 2.46. The van der Waals surface area contributed by atoms with Crippen molar-refractivity contribution in [3.63, 3.8) is 0 Å². The minimum atomic E-state index is -1.81. The SMILES string of the molecule is CC(C)(C)[Si](C)(C)OC[C@]1(c2ccccc2)CCCN1c1ccccc1. The standard InChI is InChI=1S/C23H33NOSi/c1-22(2,3)26(4,5)25-19-23(20-13-8-6-9-14-20)17-12-18-24(23)21-15-10-7-11-16-21/h6-11,13-16H,12,17-19H2,1-5H3/t23-/m0/s1. The van der Waals surface area contributed by atoms with Gasteiger partial charge in [0.25, 0.3) is 0 Å². The van der Waals surface area contributed by atoms with Gasteiger partial charge in [-0.25, -0.2) is 0 Å². The van der Waals surface area contributed by atoms with Crippen molar-refractivity contribution in [3.05, 3.63) is 66.2 Å². The molecule has 0 N–H and O–H groups in total. The molecule has 1 heterocycles. The van der Waals surface area contributed by atoms with Crippen LogP contribution in [0.5, 0.6) is 0 Å². The summed E-state index contributed by atoms with van der Waals surface area (Å²) in [5.74, 6) is 0. The molecule has 0 amide bonds. The first-order valence-corrected chi connectivity index (χ1v) is 12.7. The minimum Gasteiger partial charge on any atom is -0.414 e. The molecule has 0 aromatic heterocycles. The van der Waals surface area contributed by atoms with Crippen LogP contribution in [-0.4, -0.2) is 21.5 Å². The maximum atomic E-state index is 6.78. The largest absolute Gasteiger partial charge is 0.414 e. The summed E-state index contributed by atoms with van der Waals surface area (Å²) >= 11 is 0. The molecule has 0 aliphatic carbocycles. The Hall–Kier alpha value is -1.58. The Morgan fingerprint density at radius 3 is 2.12 bits per heavy atom. The smallest absolute Gasteiger partial charge is 0.192 e. The van der Waals surface area contributed by atoms with Crippen molar-refractivity contribution in [2.45, 2.75) is 57.3 Å². The molecular weight excluding hydrogens is 334 g/mol. The second-order valence-electron chi connectivity index (χ2n) is 9.04. The second-order valence-corrected chi connectivity index (χ2v) is 13.8. The minimum absolute atomic E-state index is 0.0713. The fourth-order valence-corrected chi connectivity index (χ4v) is 4.69. The normalized spacial score (nSPS) is 21.2. The van der Waals surface area contributed by atoms with Gasteiger partial charge in [0.2, 0.25) is 0 Å². The third-order valence-corrected chi connectivity index (χ3v) is 10.8. The molecule has 0 unspecified atom stereocenters. The molecule has 0 saturated carbocycles. The topological polar surface area (TPSA) is 12.5 Å². The molecule has 2 aromatic carbocycles. The molecule has 26 heavy (non-hydrogen) atoms. The van der Waals surface area contributed by atoms with Gasteiger partial charge in [-0.15, -0.1) is 0 Å². The summed E-state index contributed by atoms with van der Waals surface area (Å²) in [6.07, 6.45) is 2.34. The van der Waals surface area contributed by atoms with Crippen molar-refractivity contribution in [1.82, 2.24) is 0 Å². The Kier molecular flexibility index (Phi) is 5.32. The Morgan fingerprint density at radius 2 is 1.54 bits per heavy atom. The van der Waals surface area contributed by atoms with Crippen LogP contribution in [0.25, 0.3) is 0 Å². The van der Waals surface area contributed by atoms with E-state index in [2.05, 4.69) is 99.4 Å². The van der Waals surface area contributed by atoms with Gasteiger partial charge in [-0.05, 0) is 48.7 Å². The Morgan fingerprint density at radius 1 is 0.962 bits per heavy atom. The third-order valence-electron chi connectivity index (χ3n) is 6.35. The molecule has 140 valence electrons. The van der Waals surface area contributed by atoms with E-state index in [0.717, 1.165) is 19.6 Å². The molecular formula is C23H33NOSi. The van der Waals surface area contributed by atoms with Gasteiger partial charge in [0, 0.05) is 12.2 Å². The number of hydrogen-bond acceptors (Lipinski definition) is 2. The molecule has 1 atom stereocenters. The zero-order valence-electron chi connectivity index (χ0n) is 17.0. The maximum absolute atomic E-state index is 6.78. The number of anilines is 1. The summed E-state index contributed by atoms with van der Waals surface area (Å²) < 4.78 is 6.78. The van der Waals surface area contributed by atoms with E-state index in [1.165, 1.54) is 17.7 Å². The van der Waals surface area contributed by atoms with Crippen molar-refractivity contribution >= 4 is 14.0 Å². The number of hydrogen-bond donors (Lipinski definition) is 0. The lowest BCUT2D eigenvalue weighted by atomic mass is 9.87. The van der Waals surface area contributed by atoms with Crippen LogP contribution in [0.3, 0.4) is 0 Å². The van der Waals surface area contributed by atoms with Gasteiger partial charge in [-0.1, -0.05) is 69.3 Å². The highest BCUT2D eigenvalue weighted by Crippen LogP contribution is 2.44. The van der Waals surface area contributed by atoms with Crippen LogP contribution >= 0.6 is 0 Å². The molecule has 1 fully saturated rings. The molecule has 3 rings (SSSR count). The van der Waals surface area contributed by atoms with Gasteiger partial charge < -0.3 is 9.33 Å². The monoisotopic (exact) mass is 367 g/mol. The molecule has 3 heteroatoms. The summed E-state index contributed by atoms with van der Waals surface area (Å²) in [5.41, 5.74) is 2.60. The maximum Gasteiger partial charge on any atom is 0.192 e. The van der Waals surface area contributed by atoms with Gasteiger partial charge in [-0.2, -0.15) is 0 Å². The van der Waals surface area contributed by atoms with Crippen LogP contribution in [-0.2, 0) is 9.96 Å². The summed E-state index contributed by atoms with van der Waals surface area (Å²) in [4.78, 5) is 2.58. The summed E-state index contributed by atoms with van der Waals surface area (Å²) in [6, 6.07) is 21.8. The van der Waals surface area contributed by atoms with Crippen LogP contribution in [0, 0.1) is 0 Å². The lowest BCUT2D eigenvalue weighted by Crippen LogP contribution is -2.50. The average Bonchev–Trinajstić information content (AvgIpc) is 3.06. The quantitative estimate of drug-likeness (QED) is 0.583. The van der Waals surface area contributed by atoms with E-state index >= 15 is 0 Å². The highest BCUT2D eigenvalue weighted by atomic mass is 28.4. The zero-order valence-corrected chi connectivity index (χ0v) is 18.0. The van der Waals surface area contributed by atoms with Gasteiger partial charge in [0.15, 0.2) is 8.32 Å². The summed E-state index contributed by atoms with van der Waals surface area (Å²) in [7, 11) is -1.81. The van der Waals surface area contributed by atoms with Gasteiger partial charge in [0.05, 0.1) is 12.1 Å². The fraction of sp³-hybridized carbons (Fsp3) is 0.478. The van der Waals surface area contributed by atoms with Gasteiger partial charge >= 0.3 is 0 Å². The average molecular weight is 368 g/mol. The van der Waals surface area contributed by atoms with Crippen molar-refractivity contribution < 1.29 is 4.43 Å². The second kappa shape index (κ2) is 7.20. The van der Waals surface area contributed by atoms with Crippen LogP contribution < -0.4 is 4.90 Å². The molecule has 2 aromatic rings. The van der Waals surface area contributed by atoms with Gasteiger partial charge in [-0.3, -0.25) is 0 Å². The zero-order chi connectivity index (χ0) is 18.8. The third kappa shape index (κ3) is 3.60. The van der Waals surface area contributed by atoms with E-state index in [-0.39, 0.29) is 10.6 Å². The number of rotatable bonds is 5. The fourth-order valence-electron chi connectivity index (χ4n) is 3.66. The van der Waals surface area contributed by atoms with Crippen molar-refractivity contribution in [3.8, 4) is 0 Å². The highest BCUT2D eigenvalue weighted by molar-refractivity contribution is 6.74. The molecule has 0 bridgehead atoms. The molecule has 2 nitrogen and oxygen atoms in total. The van der Waals surface area contributed by atoms with Gasteiger partial charge in [0.1, 0.15) is 0 Å². The first-order chi connectivity index (χ1) is 12.3. The van der Waals surface area contributed by atoms with E-state index in [0.29, 0.717) is 0 Å². The molecule has 1 saturated heterocycles. The number of nitrogens with zero attached hydrogens (tertiary/aromatic N) is 1. The number of benzene rings is 2. The van der Waals surface area contributed by atoms with E-state index < -0.39 is 8.32 Å². The Labute approximate surface area is 160 Å². The molecule has 0 spiro atoms. The van der Waals surface area contributed by atoms with E-state index in [9.17, 15) is 0 Å². The summed E-state index contributed by atoms with van der Waals surface area (Å²) in [5, 5.41) is 0.223. The van der Waals surface area contributed by atoms with Crippen LogP contribution in [0.15, 0.2) is 60.7 Å². The lowest BCUT2D eigenvalue weighted by Gasteiger charge is -2.44. The van der Waals surface area contributed by atoms with Crippen molar-refractivity contribution in [2.75, 3.05) is 18.1 Å². The van der Waals surface area contributed by atoms with Crippen LogP contribution in [0.2, 0.25) is 18.1 Å². The lowest BCUT2D eigenvalue weighted by molar-refractivity contribution is 0.201. The number of para-hydroxylation sites is 1. The van der Waals surface area contributed by atoms with Crippen molar-refractivity contribution in [2.24, 2.45) is 0 Å². The predicted octanol–water partition coefficient (Wildman–Crippen LogP) is 6.20. The first kappa shape index (κ1) is 19.2. The van der Waals surface area contributed by atoms with Crippen LogP contribution in [0.1, 0.15) is 39.2 Å². The van der Waals surface area contributed by atoms with E-state index in [4.69, 9.17) is 4.43 Å². The first-order valence-electron chi connectivity index (χ1n) is 9.78. The molecule has 1 aliphatic heterocycles.